The second kappa shape index (κ2) is 16.1. The van der Waals surface area contributed by atoms with Crippen LogP contribution in [0.2, 0.25) is 0 Å². The van der Waals surface area contributed by atoms with E-state index in [1.165, 1.54) is 17.5 Å². The van der Waals surface area contributed by atoms with E-state index in [-0.39, 0.29) is 11.6 Å². The van der Waals surface area contributed by atoms with Crippen molar-refractivity contribution in [3.05, 3.63) is 59.7 Å². The highest BCUT2D eigenvalue weighted by molar-refractivity contribution is 5.76. The number of carbonyl (C=O) groups is 2. The molecule has 268 valence electrons. The topological polar surface area (TPSA) is 102 Å². The summed E-state index contributed by atoms with van der Waals surface area (Å²) in [4.78, 5) is 23.8. The van der Waals surface area contributed by atoms with Gasteiger partial charge in [-0.15, -0.1) is 0 Å². The molecule has 2 aromatic rings. The first-order valence-electron chi connectivity index (χ1n) is 18.1. The Hall–Kier alpha value is -3.06. The van der Waals surface area contributed by atoms with Crippen LogP contribution in [0.25, 0.3) is 0 Å². The minimum atomic E-state index is -0.668. The highest BCUT2D eigenvalue weighted by Gasteiger charge is 2.59. The van der Waals surface area contributed by atoms with Crippen LogP contribution in [0.1, 0.15) is 150 Å². The molecule has 4 saturated carbocycles. The van der Waals surface area contributed by atoms with Crippen molar-refractivity contribution in [1.29, 1.82) is 0 Å². The second-order valence-electron chi connectivity index (χ2n) is 16.3. The normalized spacial score (nSPS) is 25.4. The number of hydrogen-bond acceptors (Lipinski definition) is 7. The molecule has 0 heterocycles. The Labute approximate surface area is 289 Å². The van der Waals surface area contributed by atoms with E-state index in [2.05, 4.69) is 27.7 Å². The number of rotatable bonds is 8. The summed E-state index contributed by atoms with van der Waals surface area (Å²) in [6, 6.07) is 15.0. The Morgan fingerprint density at radius 2 is 1.29 bits per heavy atom. The SMILES string of the molecule is CCC(C)(C)C(=O)OC12CC3CC(CC(O)(C3)C1)C2.CCC(C)c1ccc(O)cc1.CCC(C)c1ccc(OC(=O)OC(C)(C)C)cc1. The van der Waals surface area contributed by atoms with Gasteiger partial charge in [0.1, 0.15) is 22.7 Å². The summed E-state index contributed by atoms with van der Waals surface area (Å²) < 4.78 is 16.1. The van der Waals surface area contributed by atoms with E-state index >= 15 is 0 Å². The lowest BCUT2D eigenvalue weighted by molar-refractivity contribution is -0.225. The molecule has 4 bridgehead atoms. The first kappa shape index (κ1) is 39.4. The molecule has 4 aliphatic rings. The van der Waals surface area contributed by atoms with Crippen molar-refractivity contribution in [3.8, 4) is 11.5 Å². The fourth-order valence-corrected chi connectivity index (χ4v) is 7.24. The first-order chi connectivity index (χ1) is 22.3. The van der Waals surface area contributed by atoms with Crippen LogP contribution in [0.5, 0.6) is 11.5 Å². The first-order valence-corrected chi connectivity index (χ1v) is 18.1. The number of phenolic OH excluding ortho intramolecular Hbond substituents is 1. The summed E-state index contributed by atoms with van der Waals surface area (Å²) in [5.41, 5.74) is 0.683. The molecule has 48 heavy (non-hydrogen) atoms. The van der Waals surface area contributed by atoms with Gasteiger partial charge in [-0.05, 0) is 145 Å². The van der Waals surface area contributed by atoms with E-state index in [0.29, 0.717) is 41.6 Å². The molecule has 0 amide bonds. The number of aromatic hydroxyl groups is 1. The summed E-state index contributed by atoms with van der Waals surface area (Å²) in [5, 5.41) is 19.7. The molecular weight excluding hydrogens is 604 g/mol. The Morgan fingerprint density at radius 1 is 0.812 bits per heavy atom. The smallest absolute Gasteiger partial charge is 0.508 e. The van der Waals surface area contributed by atoms with E-state index in [4.69, 9.17) is 19.3 Å². The summed E-state index contributed by atoms with van der Waals surface area (Å²) in [5.74, 6) is 3.00. The van der Waals surface area contributed by atoms with Crippen molar-refractivity contribution >= 4 is 12.1 Å². The minimum absolute atomic E-state index is 0.0828. The predicted octanol–water partition coefficient (Wildman–Crippen LogP) is 10.5. The monoisotopic (exact) mass is 666 g/mol. The largest absolute Gasteiger partial charge is 0.514 e. The summed E-state index contributed by atoms with van der Waals surface area (Å²) in [6.07, 6.45) is 8.01. The zero-order valence-electron chi connectivity index (χ0n) is 31.2. The van der Waals surface area contributed by atoms with Crippen LogP contribution < -0.4 is 4.74 Å². The van der Waals surface area contributed by atoms with Gasteiger partial charge in [0, 0.05) is 6.42 Å². The number of aliphatic hydroxyl groups is 1. The third-order valence-corrected chi connectivity index (χ3v) is 10.4. The molecule has 2 N–H and O–H groups in total. The lowest BCUT2D eigenvalue weighted by atomic mass is 9.52. The van der Waals surface area contributed by atoms with Crippen molar-refractivity contribution in [2.24, 2.45) is 17.3 Å². The molecular formula is C41H62O7. The highest BCUT2D eigenvalue weighted by Crippen LogP contribution is 2.59. The van der Waals surface area contributed by atoms with E-state index in [9.17, 15) is 14.7 Å². The number of benzene rings is 2. The standard InChI is InChI=1S/C16H26O3.C15H22O3.C10H14O/c1-4-14(2,3)13(17)19-16-8-11-5-12(9-16)7-15(18,6-11)10-16;1-6-11(2)12-7-9-13(10-8-12)17-14(16)18-15(3,4)5;1-3-8(2)9-4-6-10(11)7-5-9/h11-12,18H,4-10H2,1-3H3;7-11H,6H2,1-5H3;4-8,11H,3H2,1-2H3. The Balaban J connectivity index is 0.000000203. The lowest BCUT2D eigenvalue weighted by Crippen LogP contribution is -2.61. The van der Waals surface area contributed by atoms with Crippen molar-refractivity contribution in [2.45, 2.75) is 156 Å². The third-order valence-electron chi connectivity index (χ3n) is 10.4. The number of phenols is 1. The molecule has 2 aromatic carbocycles. The molecule has 4 fully saturated rings. The van der Waals surface area contributed by atoms with Gasteiger partial charge in [-0.3, -0.25) is 4.79 Å². The molecule has 0 spiro atoms. The van der Waals surface area contributed by atoms with E-state index < -0.39 is 22.8 Å². The van der Waals surface area contributed by atoms with E-state index in [1.54, 1.807) is 45.0 Å². The Kier molecular flexibility index (Phi) is 13.2. The molecule has 0 aliphatic heterocycles. The molecule has 7 heteroatoms. The number of carbonyl (C=O) groups excluding carboxylic acids is 2. The third kappa shape index (κ3) is 11.2. The quantitative estimate of drug-likeness (QED) is 0.213. The average molecular weight is 667 g/mol. The van der Waals surface area contributed by atoms with Crippen molar-refractivity contribution < 1.29 is 34.0 Å². The minimum Gasteiger partial charge on any atom is -0.508 e. The maximum atomic E-state index is 12.4. The molecule has 7 nitrogen and oxygen atoms in total. The lowest BCUT2D eigenvalue weighted by Gasteiger charge is -2.59. The van der Waals surface area contributed by atoms with Crippen LogP contribution in [-0.2, 0) is 14.3 Å². The van der Waals surface area contributed by atoms with E-state index in [1.807, 2.05) is 45.0 Å². The zero-order valence-corrected chi connectivity index (χ0v) is 31.2. The van der Waals surface area contributed by atoms with E-state index in [0.717, 1.165) is 44.9 Å². The highest BCUT2D eigenvalue weighted by atomic mass is 16.7. The van der Waals surface area contributed by atoms with Crippen LogP contribution in [0, 0.1) is 17.3 Å². The molecule has 4 aliphatic carbocycles. The van der Waals surface area contributed by atoms with Gasteiger partial charge in [-0.2, -0.15) is 0 Å². The van der Waals surface area contributed by atoms with Crippen molar-refractivity contribution in [2.75, 3.05) is 0 Å². The maximum Gasteiger partial charge on any atom is 0.514 e. The summed E-state index contributed by atoms with van der Waals surface area (Å²) in [6.45, 7) is 20.0. The summed E-state index contributed by atoms with van der Waals surface area (Å²) >= 11 is 0. The molecule has 4 atom stereocenters. The zero-order chi connectivity index (χ0) is 35.9. The van der Waals surface area contributed by atoms with Crippen LogP contribution in [0.4, 0.5) is 4.79 Å². The number of esters is 1. The Morgan fingerprint density at radius 3 is 1.71 bits per heavy atom. The second-order valence-corrected chi connectivity index (χ2v) is 16.3. The van der Waals surface area contributed by atoms with Crippen LogP contribution in [0.3, 0.4) is 0 Å². The van der Waals surface area contributed by atoms with Gasteiger partial charge >= 0.3 is 12.1 Å². The average Bonchev–Trinajstić information content (AvgIpc) is 2.99. The van der Waals surface area contributed by atoms with Gasteiger partial charge in [0.05, 0.1) is 11.0 Å². The van der Waals surface area contributed by atoms with Gasteiger partial charge in [0.2, 0.25) is 0 Å². The van der Waals surface area contributed by atoms with Gasteiger partial charge in [0.15, 0.2) is 0 Å². The van der Waals surface area contributed by atoms with Gasteiger partial charge in [0.25, 0.3) is 0 Å². The molecule has 0 saturated heterocycles. The van der Waals surface area contributed by atoms with Crippen LogP contribution in [0.15, 0.2) is 48.5 Å². The molecule has 0 aromatic heterocycles. The summed E-state index contributed by atoms with van der Waals surface area (Å²) in [7, 11) is 0. The number of hydrogen-bond donors (Lipinski definition) is 2. The van der Waals surface area contributed by atoms with Crippen molar-refractivity contribution in [1.82, 2.24) is 0 Å². The fourth-order valence-electron chi connectivity index (χ4n) is 7.24. The molecule has 0 radical (unpaired) electrons. The Bertz CT molecular complexity index is 1310. The fraction of sp³-hybridized carbons (Fsp3) is 0.659. The van der Waals surface area contributed by atoms with Crippen LogP contribution >= 0.6 is 0 Å². The molecule has 6 rings (SSSR count). The maximum absolute atomic E-state index is 12.4. The van der Waals surface area contributed by atoms with Crippen LogP contribution in [-0.4, -0.2) is 39.1 Å². The molecule has 4 unspecified atom stereocenters. The van der Waals surface area contributed by atoms with Gasteiger partial charge < -0.3 is 24.4 Å². The van der Waals surface area contributed by atoms with Gasteiger partial charge in [-0.25, -0.2) is 4.79 Å². The predicted molar refractivity (Wildman–Crippen MR) is 191 cm³/mol. The van der Waals surface area contributed by atoms with Gasteiger partial charge in [-0.1, -0.05) is 58.9 Å². The van der Waals surface area contributed by atoms with Crippen molar-refractivity contribution in [3.63, 3.8) is 0 Å². The number of ether oxygens (including phenoxy) is 3.